The highest BCUT2D eigenvalue weighted by Gasteiger charge is 2.17. The van der Waals surface area contributed by atoms with Crippen molar-refractivity contribution in [3.8, 4) is 28.4 Å². The lowest BCUT2D eigenvalue weighted by molar-refractivity contribution is 0.325. The first-order valence-corrected chi connectivity index (χ1v) is 8.15. The average Bonchev–Trinajstić information content (AvgIpc) is 2.60. The van der Waals surface area contributed by atoms with E-state index >= 15 is 0 Å². The number of nitrogens with two attached hydrogens (primary N) is 1. The smallest absolute Gasteiger partial charge is 0.203 e. The van der Waals surface area contributed by atoms with Gasteiger partial charge in [-0.05, 0) is 35.6 Å². The second kappa shape index (κ2) is 8.06. The zero-order valence-electron chi connectivity index (χ0n) is 15.1. The van der Waals surface area contributed by atoms with Gasteiger partial charge in [0.2, 0.25) is 5.75 Å². The molecule has 0 bridgehead atoms. The van der Waals surface area contributed by atoms with E-state index in [0.29, 0.717) is 23.2 Å². The molecule has 0 aliphatic rings. The van der Waals surface area contributed by atoms with Gasteiger partial charge in [-0.1, -0.05) is 38.1 Å². The fourth-order valence-electron chi connectivity index (χ4n) is 2.66. The second-order valence-corrected chi connectivity index (χ2v) is 6.19. The molecule has 2 aromatic rings. The van der Waals surface area contributed by atoms with Gasteiger partial charge in [0.05, 0.1) is 21.3 Å². The number of benzene rings is 2. The van der Waals surface area contributed by atoms with Crippen LogP contribution in [0.3, 0.4) is 0 Å². The second-order valence-electron chi connectivity index (χ2n) is 6.19. The third-order valence-electron chi connectivity index (χ3n) is 4.30. The maximum atomic E-state index is 6.16. The lowest BCUT2D eigenvalue weighted by atomic mass is 9.95. The molecule has 0 fully saturated rings. The highest BCUT2D eigenvalue weighted by Crippen LogP contribution is 2.44. The summed E-state index contributed by atoms with van der Waals surface area (Å²) >= 11 is 0. The van der Waals surface area contributed by atoms with Gasteiger partial charge in [-0.15, -0.1) is 0 Å². The Kier molecular flexibility index (Phi) is 6.10. The lowest BCUT2D eigenvalue weighted by Gasteiger charge is -2.17. The molecule has 0 saturated carbocycles. The molecule has 0 radical (unpaired) electrons. The fraction of sp³-hybridized carbons (Fsp3) is 0.400. The van der Waals surface area contributed by atoms with Crippen LogP contribution in [-0.2, 0) is 6.42 Å². The molecule has 130 valence electrons. The van der Waals surface area contributed by atoms with Crippen LogP contribution in [0.25, 0.3) is 11.1 Å². The largest absolute Gasteiger partial charge is 0.493 e. The summed E-state index contributed by atoms with van der Waals surface area (Å²) in [6.07, 6.45) is 0.876. The van der Waals surface area contributed by atoms with Crippen molar-refractivity contribution in [1.29, 1.82) is 0 Å². The predicted octanol–water partition coefficient (Wildman–Crippen LogP) is 3.91. The SMILES string of the molecule is COc1ccc(-c2ccc(CC(N)C(C)C)cc2)c(OC)c1OC. The highest BCUT2D eigenvalue weighted by molar-refractivity contribution is 5.76. The van der Waals surface area contributed by atoms with E-state index in [4.69, 9.17) is 19.9 Å². The van der Waals surface area contributed by atoms with Crippen LogP contribution in [0, 0.1) is 5.92 Å². The van der Waals surface area contributed by atoms with Crippen molar-refractivity contribution in [3.05, 3.63) is 42.0 Å². The molecule has 1 atom stereocenters. The van der Waals surface area contributed by atoms with Gasteiger partial charge in [-0.2, -0.15) is 0 Å². The summed E-state index contributed by atoms with van der Waals surface area (Å²) in [5.74, 6) is 2.39. The van der Waals surface area contributed by atoms with Crippen LogP contribution >= 0.6 is 0 Å². The van der Waals surface area contributed by atoms with Gasteiger partial charge in [-0.25, -0.2) is 0 Å². The van der Waals surface area contributed by atoms with Crippen molar-refractivity contribution in [2.24, 2.45) is 11.7 Å². The first-order valence-electron chi connectivity index (χ1n) is 8.15. The van der Waals surface area contributed by atoms with Crippen LogP contribution in [0.4, 0.5) is 0 Å². The summed E-state index contributed by atoms with van der Waals surface area (Å²) in [5, 5.41) is 0. The molecule has 1 unspecified atom stereocenters. The van der Waals surface area contributed by atoms with Crippen LogP contribution in [0.1, 0.15) is 19.4 Å². The summed E-state index contributed by atoms with van der Waals surface area (Å²) in [4.78, 5) is 0. The third-order valence-corrected chi connectivity index (χ3v) is 4.30. The summed E-state index contributed by atoms with van der Waals surface area (Å²) in [6, 6.07) is 12.5. The van der Waals surface area contributed by atoms with E-state index in [9.17, 15) is 0 Å². The van der Waals surface area contributed by atoms with Crippen LogP contribution < -0.4 is 19.9 Å². The third kappa shape index (κ3) is 3.82. The van der Waals surface area contributed by atoms with Crippen molar-refractivity contribution in [3.63, 3.8) is 0 Å². The van der Waals surface area contributed by atoms with Gasteiger partial charge in [0, 0.05) is 11.6 Å². The zero-order chi connectivity index (χ0) is 17.7. The monoisotopic (exact) mass is 329 g/mol. The molecule has 4 nitrogen and oxygen atoms in total. The summed E-state index contributed by atoms with van der Waals surface area (Å²) in [5.41, 5.74) is 9.43. The molecule has 0 aliphatic carbocycles. The Morgan fingerprint density at radius 2 is 1.46 bits per heavy atom. The summed E-state index contributed by atoms with van der Waals surface area (Å²) in [6.45, 7) is 4.29. The van der Waals surface area contributed by atoms with E-state index in [0.717, 1.165) is 17.5 Å². The van der Waals surface area contributed by atoms with Gasteiger partial charge >= 0.3 is 0 Å². The minimum atomic E-state index is 0.173. The standard InChI is InChI=1S/C20H27NO3/c1-13(2)17(21)12-14-6-8-15(9-7-14)16-10-11-18(22-3)20(24-5)19(16)23-4/h6-11,13,17H,12,21H2,1-5H3. The van der Waals surface area contributed by atoms with Gasteiger partial charge in [-0.3, -0.25) is 0 Å². The van der Waals surface area contributed by atoms with E-state index in [1.54, 1.807) is 21.3 Å². The van der Waals surface area contributed by atoms with Gasteiger partial charge in [0.25, 0.3) is 0 Å². The van der Waals surface area contributed by atoms with Crippen molar-refractivity contribution in [2.75, 3.05) is 21.3 Å². The molecule has 24 heavy (non-hydrogen) atoms. The van der Waals surface area contributed by atoms with Crippen molar-refractivity contribution in [1.82, 2.24) is 0 Å². The van der Waals surface area contributed by atoms with Gasteiger partial charge < -0.3 is 19.9 Å². The van der Waals surface area contributed by atoms with Gasteiger partial charge in [0.1, 0.15) is 0 Å². The Morgan fingerprint density at radius 1 is 0.833 bits per heavy atom. The lowest BCUT2D eigenvalue weighted by Crippen LogP contribution is -2.28. The van der Waals surface area contributed by atoms with Crippen LogP contribution in [0.15, 0.2) is 36.4 Å². The molecule has 2 rings (SSSR count). The van der Waals surface area contributed by atoms with Crippen LogP contribution in [0.2, 0.25) is 0 Å². The molecule has 0 spiro atoms. The predicted molar refractivity (Wildman–Crippen MR) is 98.1 cm³/mol. The van der Waals surface area contributed by atoms with E-state index in [-0.39, 0.29) is 6.04 Å². The Bertz CT molecular complexity index is 665. The molecule has 0 heterocycles. The Balaban J connectivity index is 2.35. The van der Waals surface area contributed by atoms with E-state index in [1.807, 2.05) is 12.1 Å². The highest BCUT2D eigenvalue weighted by atomic mass is 16.5. The molecule has 0 amide bonds. The molecule has 4 heteroatoms. The van der Waals surface area contributed by atoms with Crippen molar-refractivity contribution in [2.45, 2.75) is 26.3 Å². The number of rotatable bonds is 7. The molecule has 2 N–H and O–H groups in total. The zero-order valence-corrected chi connectivity index (χ0v) is 15.1. The topological polar surface area (TPSA) is 53.7 Å². The number of methoxy groups -OCH3 is 3. The number of hydrogen-bond acceptors (Lipinski definition) is 4. The molecule has 0 aromatic heterocycles. The minimum absolute atomic E-state index is 0.173. The Hall–Kier alpha value is -2.20. The average molecular weight is 329 g/mol. The molecular formula is C20H27NO3. The van der Waals surface area contributed by atoms with E-state index in [2.05, 4.69) is 38.1 Å². The molecule has 2 aromatic carbocycles. The number of ether oxygens (including phenoxy) is 3. The first kappa shape index (κ1) is 18.1. The quantitative estimate of drug-likeness (QED) is 0.837. The minimum Gasteiger partial charge on any atom is -0.493 e. The maximum Gasteiger partial charge on any atom is 0.203 e. The van der Waals surface area contributed by atoms with Crippen molar-refractivity contribution >= 4 is 0 Å². The van der Waals surface area contributed by atoms with Crippen LogP contribution in [-0.4, -0.2) is 27.4 Å². The molecule has 0 saturated heterocycles. The summed E-state index contributed by atoms with van der Waals surface area (Å²) < 4.78 is 16.4. The van der Waals surface area contributed by atoms with Gasteiger partial charge in [0.15, 0.2) is 11.5 Å². The molecule has 0 aliphatic heterocycles. The van der Waals surface area contributed by atoms with E-state index in [1.165, 1.54) is 5.56 Å². The maximum absolute atomic E-state index is 6.16. The molecular weight excluding hydrogens is 302 g/mol. The van der Waals surface area contributed by atoms with Crippen LogP contribution in [0.5, 0.6) is 17.2 Å². The Labute approximate surface area is 144 Å². The summed E-state index contributed by atoms with van der Waals surface area (Å²) in [7, 11) is 4.86. The van der Waals surface area contributed by atoms with E-state index < -0.39 is 0 Å². The fourth-order valence-corrected chi connectivity index (χ4v) is 2.66. The normalized spacial score (nSPS) is 12.1. The Morgan fingerprint density at radius 3 is 1.96 bits per heavy atom. The first-order chi connectivity index (χ1) is 11.5. The van der Waals surface area contributed by atoms with Crippen molar-refractivity contribution < 1.29 is 14.2 Å². The number of hydrogen-bond donors (Lipinski definition) is 1.